The quantitative estimate of drug-likeness (QED) is 0.854. The minimum absolute atomic E-state index is 0.0893. The summed E-state index contributed by atoms with van der Waals surface area (Å²) in [5.74, 6) is 1.73. The van der Waals surface area contributed by atoms with E-state index in [4.69, 9.17) is 5.11 Å². The number of nitrogens with zero attached hydrogens (tertiary/aromatic N) is 2. The lowest BCUT2D eigenvalue weighted by Gasteiger charge is -2.27. The van der Waals surface area contributed by atoms with Gasteiger partial charge in [-0.05, 0) is 35.4 Å². The molecule has 1 saturated heterocycles. The molecule has 17 heavy (non-hydrogen) atoms. The molecule has 2 heterocycles. The van der Waals surface area contributed by atoms with Crippen LogP contribution in [0.15, 0.2) is 18.3 Å². The molecule has 3 heteroatoms. The van der Waals surface area contributed by atoms with Crippen molar-refractivity contribution in [3.63, 3.8) is 0 Å². The van der Waals surface area contributed by atoms with E-state index in [1.165, 1.54) is 6.42 Å². The van der Waals surface area contributed by atoms with Crippen LogP contribution in [-0.2, 0) is 6.61 Å². The monoisotopic (exact) mass is 234 g/mol. The molecule has 0 spiro atoms. The maximum absolute atomic E-state index is 9.14. The smallest absolute Gasteiger partial charge is 0.128 e. The fraction of sp³-hybridized carbons (Fsp3) is 0.643. The predicted octanol–water partition coefficient (Wildman–Crippen LogP) is 2.45. The molecule has 1 fully saturated rings. The number of aliphatic hydroxyl groups is 1. The zero-order valence-electron chi connectivity index (χ0n) is 11.0. The summed E-state index contributed by atoms with van der Waals surface area (Å²) in [6.45, 7) is 9.15. The third-order valence-corrected chi connectivity index (χ3v) is 3.73. The summed E-state index contributed by atoms with van der Waals surface area (Å²) in [5.41, 5.74) is 1.30. The van der Waals surface area contributed by atoms with Crippen LogP contribution in [0.5, 0.6) is 0 Å². The van der Waals surface area contributed by atoms with E-state index in [1.54, 1.807) is 6.20 Å². The summed E-state index contributed by atoms with van der Waals surface area (Å²) >= 11 is 0. The van der Waals surface area contributed by atoms with E-state index in [9.17, 15) is 0 Å². The zero-order valence-corrected chi connectivity index (χ0v) is 11.0. The molecular weight excluding hydrogens is 212 g/mol. The van der Waals surface area contributed by atoms with E-state index in [0.29, 0.717) is 5.41 Å². The molecule has 0 radical (unpaired) electrons. The van der Waals surface area contributed by atoms with Gasteiger partial charge in [0.2, 0.25) is 0 Å². The van der Waals surface area contributed by atoms with Crippen molar-refractivity contribution in [2.45, 2.75) is 33.8 Å². The average Bonchev–Trinajstić information content (AvgIpc) is 2.78. The van der Waals surface area contributed by atoms with Crippen LogP contribution in [0.3, 0.4) is 0 Å². The molecule has 0 saturated carbocycles. The lowest BCUT2D eigenvalue weighted by Crippen LogP contribution is -2.26. The Balaban J connectivity index is 2.09. The van der Waals surface area contributed by atoms with Gasteiger partial charge in [0.1, 0.15) is 5.82 Å². The first-order valence-corrected chi connectivity index (χ1v) is 6.31. The molecule has 1 aromatic heterocycles. The predicted molar refractivity (Wildman–Crippen MR) is 69.9 cm³/mol. The van der Waals surface area contributed by atoms with Gasteiger partial charge in [0.15, 0.2) is 0 Å². The van der Waals surface area contributed by atoms with Crippen LogP contribution in [0.25, 0.3) is 0 Å². The Hall–Kier alpha value is -1.09. The maximum atomic E-state index is 9.14. The molecule has 94 valence electrons. The number of rotatable bonds is 2. The van der Waals surface area contributed by atoms with Gasteiger partial charge in [0, 0.05) is 19.3 Å². The third-order valence-electron chi connectivity index (χ3n) is 3.73. The standard InChI is InChI=1S/C14H22N2O/c1-14(2,3)12-5-7-16(9-12)13-8-11(10-17)4-6-15-13/h4,6,8,12,17H,5,7,9-10H2,1-3H3. The average molecular weight is 234 g/mol. The first-order valence-electron chi connectivity index (χ1n) is 6.31. The second kappa shape index (κ2) is 4.65. The van der Waals surface area contributed by atoms with E-state index < -0.39 is 0 Å². The topological polar surface area (TPSA) is 36.4 Å². The fourth-order valence-corrected chi connectivity index (χ4v) is 2.41. The number of pyridine rings is 1. The van der Waals surface area contributed by atoms with Gasteiger partial charge in [-0.2, -0.15) is 0 Å². The summed E-state index contributed by atoms with van der Waals surface area (Å²) in [4.78, 5) is 6.73. The molecular formula is C14H22N2O. The van der Waals surface area contributed by atoms with Crippen LogP contribution in [0.4, 0.5) is 5.82 Å². The summed E-state index contributed by atoms with van der Waals surface area (Å²) in [5, 5.41) is 9.14. The van der Waals surface area contributed by atoms with Crippen molar-refractivity contribution in [1.82, 2.24) is 4.98 Å². The van der Waals surface area contributed by atoms with Crippen molar-refractivity contribution in [3.8, 4) is 0 Å². The first kappa shape index (κ1) is 12.4. The summed E-state index contributed by atoms with van der Waals surface area (Å²) in [7, 11) is 0. The minimum Gasteiger partial charge on any atom is -0.392 e. The van der Waals surface area contributed by atoms with Gasteiger partial charge >= 0.3 is 0 Å². The van der Waals surface area contributed by atoms with Gasteiger partial charge in [-0.15, -0.1) is 0 Å². The normalized spacial score (nSPS) is 20.9. The van der Waals surface area contributed by atoms with Crippen molar-refractivity contribution in [3.05, 3.63) is 23.9 Å². The lowest BCUT2D eigenvalue weighted by molar-refractivity contribution is 0.263. The molecule has 3 nitrogen and oxygen atoms in total. The Bertz CT molecular complexity index is 384. The fourth-order valence-electron chi connectivity index (χ4n) is 2.41. The molecule has 0 amide bonds. The van der Waals surface area contributed by atoms with Gasteiger partial charge in [-0.1, -0.05) is 20.8 Å². The van der Waals surface area contributed by atoms with Crippen LogP contribution >= 0.6 is 0 Å². The zero-order chi connectivity index (χ0) is 12.5. The van der Waals surface area contributed by atoms with Gasteiger partial charge in [0.05, 0.1) is 6.61 Å². The second-order valence-electron chi connectivity index (χ2n) is 5.98. The third kappa shape index (κ3) is 2.78. The van der Waals surface area contributed by atoms with Crippen molar-refractivity contribution in [2.24, 2.45) is 11.3 Å². The molecule has 0 aliphatic carbocycles. The highest BCUT2D eigenvalue weighted by atomic mass is 16.3. The molecule has 2 rings (SSSR count). The van der Waals surface area contributed by atoms with E-state index in [-0.39, 0.29) is 6.61 Å². The van der Waals surface area contributed by atoms with Gasteiger partial charge in [-0.25, -0.2) is 4.98 Å². The van der Waals surface area contributed by atoms with Crippen LogP contribution in [0, 0.1) is 11.3 Å². The van der Waals surface area contributed by atoms with E-state index in [2.05, 4.69) is 30.7 Å². The van der Waals surface area contributed by atoms with Crippen LogP contribution in [-0.4, -0.2) is 23.2 Å². The lowest BCUT2D eigenvalue weighted by atomic mass is 9.80. The largest absolute Gasteiger partial charge is 0.392 e. The molecule has 1 N–H and O–H groups in total. The van der Waals surface area contributed by atoms with Gasteiger partial charge < -0.3 is 10.0 Å². The molecule has 1 aliphatic heterocycles. The van der Waals surface area contributed by atoms with E-state index in [0.717, 1.165) is 30.4 Å². The Morgan fingerprint density at radius 3 is 2.82 bits per heavy atom. The SMILES string of the molecule is CC(C)(C)C1CCN(c2cc(CO)ccn2)C1. The Kier molecular flexibility index (Phi) is 3.38. The number of hydrogen-bond donors (Lipinski definition) is 1. The Morgan fingerprint density at radius 2 is 2.24 bits per heavy atom. The number of hydrogen-bond acceptors (Lipinski definition) is 3. The highest BCUT2D eigenvalue weighted by molar-refractivity contribution is 5.42. The molecule has 1 atom stereocenters. The van der Waals surface area contributed by atoms with Crippen molar-refractivity contribution >= 4 is 5.82 Å². The first-order chi connectivity index (χ1) is 8.00. The van der Waals surface area contributed by atoms with E-state index >= 15 is 0 Å². The molecule has 0 bridgehead atoms. The summed E-state index contributed by atoms with van der Waals surface area (Å²) in [6, 6.07) is 3.85. The van der Waals surface area contributed by atoms with Crippen molar-refractivity contribution in [1.29, 1.82) is 0 Å². The van der Waals surface area contributed by atoms with Crippen molar-refractivity contribution in [2.75, 3.05) is 18.0 Å². The van der Waals surface area contributed by atoms with Gasteiger partial charge in [0.25, 0.3) is 0 Å². The van der Waals surface area contributed by atoms with Crippen LogP contribution < -0.4 is 4.90 Å². The Morgan fingerprint density at radius 1 is 1.47 bits per heavy atom. The Labute approximate surface area is 103 Å². The van der Waals surface area contributed by atoms with E-state index in [1.807, 2.05) is 12.1 Å². The molecule has 1 aliphatic rings. The van der Waals surface area contributed by atoms with Gasteiger partial charge in [-0.3, -0.25) is 0 Å². The minimum atomic E-state index is 0.0893. The van der Waals surface area contributed by atoms with Crippen LogP contribution in [0.1, 0.15) is 32.8 Å². The summed E-state index contributed by atoms with van der Waals surface area (Å²) in [6.07, 6.45) is 3.01. The van der Waals surface area contributed by atoms with Crippen LogP contribution in [0.2, 0.25) is 0 Å². The highest BCUT2D eigenvalue weighted by Crippen LogP contribution is 2.35. The van der Waals surface area contributed by atoms with Crippen molar-refractivity contribution < 1.29 is 5.11 Å². The number of anilines is 1. The number of aromatic nitrogens is 1. The second-order valence-corrected chi connectivity index (χ2v) is 5.98. The highest BCUT2D eigenvalue weighted by Gasteiger charge is 2.32. The molecule has 0 aromatic carbocycles. The molecule has 1 aromatic rings. The summed E-state index contributed by atoms with van der Waals surface area (Å²) < 4.78 is 0. The number of aliphatic hydroxyl groups excluding tert-OH is 1. The molecule has 1 unspecified atom stereocenters. The maximum Gasteiger partial charge on any atom is 0.128 e.